The first-order chi connectivity index (χ1) is 8.93. The van der Waals surface area contributed by atoms with Crippen molar-refractivity contribution in [1.29, 1.82) is 0 Å². The average molecular weight is 287 g/mol. The highest BCUT2D eigenvalue weighted by Gasteiger charge is 2.26. The Morgan fingerprint density at radius 3 is 1.94 bits per heavy atom. The fourth-order valence-electron chi connectivity index (χ4n) is 2.13. The van der Waals surface area contributed by atoms with Gasteiger partial charge in [0.2, 0.25) is 0 Å². The lowest BCUT2D eigenvalue weighted by Crippen LogP contribution is -2.11. The van der Waals surface area contributed by atoms with Gasteiger partial charge >= 0.3 is 0 Å². The second-order valence-corrected chi connectivity index (χ2v) is 7.33. The van der Waals surface area contributed by atoms with Crippen molar-refractivity contribution in [3.8, 4) is 0 Å². The highest BCUT2D eigenvalue weighted by Crippen LogP contribution is 2.55. The van der Waals surface area contributed by atoms with Gasteiger partial charge in [0.25, 0.3) is 0 Å². The lowest BCUT2D eigenvalue weighted by Gasteiger charge is -2.28. The molecule has 1 aromatic carbocycles. The molecule has 88 valence electrons. The van der Waals surface area contributed by atoms with Crippen molar-refractivity contribution in [2.24, 2.45) is 0 Å². The van der Waals surface area contributed by atoms with Crippen LogP contribution in [0.15, 0.2) is 61.6 Å². The van der Waals surface area contributed by atoms with Crippen LogP contribution in [-0.2, 0) is 0 Å². The smallest absolute Gasteiger partial charge is 0.0896 e. The van der Waals surface area contributed by atoms with E-state index in [2.05, 4.69) is 58.1 Å². The first kappa shape index (κ1) is 10.7. The molecule has 0 amide bonds. The van der Waals surface area contributed by atoms with Gasteiger partial charge in [0.15, 0.2) is 0 Å². The number of hydrogen-bond donors (Lipinski definition) is 0. The lowest BCUT2D eigenvalue weighted by atomic mass is 10.2. The number of fused-ring (bicyclic) bond motifs is 2. The molecule has 1 aliphatic rings. The molecular weight excluding hydrogens is 278 g/mol. The Morgan fingerprint density at radius 1 is 0.722 bits per heavy atom. The summed E-state index contributed by atoms with van der Waals surface area (Å²) in [7, 11) is 0. The molecule has 0 unspecified atom stereocenters. The molecular formula is C14H9NS3. The Hall–Kier alpha value is -1.23. The average Bonchev–Trinajstić information content (AvgIpc) is 3.04. The topological polar surface area (TPSA) is 3.24 Å². The molecule has 0 saturated carbocycles. The zero-order chi connectivity index (χ0) is 11.9. The molecule has 3 aromatic rings. The minimum atomic E-state index is 1.23. The summed E-state index contributed by atoms with van der Waals surface area (Å²) in [6.45, 7) is 0. The number of benzene rings is 1. The fraction of sp³-hybridized carbons (Fsp3) is 0. The molecule has 18 heavy (non-hydrogen) atoms. The van der Waals surface area contributed by atoms with Crippen LogP contribution in [0.5, 0.6) is 0 Å². The van der Waals surface area contributed by atoms with E-state index in [9.17, 15) is 0 Å². The van der Waals surface area contributed by atoms with Gasteiger partial charge in [-0.2, -0.15) is 0 Å². The predicted molar refractivity (Wildman–Crippen MR) is 81.0 cm³/mol. The van der Waals surface area contributed by atoms with Crippen LogP contribution in [0.1, 0.15) is 0 Å². The van der Waals surface area contributed by atoms with Gasteiger partial charge in [0.05, 0.1) is 19.8 Å². The van der Waals surface area contributed by atoms with Crippen LogP contribution in [0.3, 0.4) is 0 Å². The number of rotatable bonds is 1. The normalized spacial score (nSPS) is 13.2. The van der Waals surface area contributed by atoms with Crippen molar-refractivity contribution in [2.45, 2.75) is 8.42 Å². The maximum absolute atomic E-state index is 2.36. The van der Waals surface area contributed by atoms with E-state index >= 15 is 0 Å². The first-order valence-electron chi connectivity index (χ1n) is 5.61. The maximum Gasteiger partial charge on any atom is 0.0896 e. The third kappa shape index (κ3) is 1.53. The predicted octanol–water partition coefficient (Wildman–Crippen LogP) is 5.74. The van der Waals surface area contributed by atoms with Crippen LogP contribution in [0.4, 0.5) is 17.1 Å². The van der Waals surface area contributed by atoms with Gasteiger partial charge in [-0.25, -0.2) is 0 Å². The number of hydrogen-bond acceptors (Lipinski definition) is 4. The maximum atomic E-state index is 2.36. The molecule has 4 rings (SSSR count). The van der Waals surface area contributed by atoms with E-state index in [1.165, 1.54) is 25.5 Å². The largest absolute Gasteiger partial charge is 0.306 e. The van der Waals surface area contributed by atoms with Gasteiger partial charge in [-0.05, 0) is 35.0 Å². The van der Waals surface area contributed by atoms with E-state index in [0.29, 0.717) is 0 Å². The van der Waals surface area contributed by atoms with Gasteiger partial charge in [-0.3, -0.25) is 0 Å². The van der Waals surface area contributed by atoms with Crippen molar-refractivity contribution in [3.63, 3.8) is 0 Å². The standard InChI is InChI=1S/C14H9NS3/c1-2-4-10(5-3-1)15-11-6-8-16-13(11)18-14-12(15)7-9-17-14/h1-9H. The molecule has 1 nitrogen and oxygen atoms in total. The zero-order valence-electron chi connectivity index (χ0n) is 9.37. The number of nitrogens with zero attached hydrogens (tertiary/aromatic N) is 1. The van der Waals surface area contributed by atoms with E-state index < -0.39 is 0 Å². The van der Waals surface area contributed by atoms with E-state index in [4.69, 9.17) is 0 Å². The molecule has 0 bridgehead atoms. The Balaban J connectivity index is 1.95. The highest BCUT2D eigenvalue weighted by molar-refractivity contribution is 8.03. The van der Waals surface area contributed by atoms with Gasteiger partial charge in [0.1, 0.15) is 0 Å². The summed E-state index contributed by atoms with van der Waals surface area (Å²) >= 11 is 5.53. The number of thiophene rings is 2. The van der Waals surface area contributed by atoms with E-state index in [1.807, 2.05) is 34.4 Å². The molecule has 1 aliphatic heterocycles. The van der Waals surface area contributed by atoms with Crippen LogP contribution in [0, 0.1) is 0 Å². The first-order valence-corrected chi connectivity index (χ1v) is 8.19. The summed E-state index contributed by atoms with van der Waals surface area (Å²) < 4.78 is 2.77. The van der Waals surface area contributed by atoms with Gasteiger partial charge < -0.3 is 4.90 Å². The summed E-state index contributed by atoms with van der Waals surface area (Å²) in [5, 5.41) is 4.34. The van der Waals surface area contributed by atoms with Crippen molar-refractivity contribution >= 4 is 51.5 Å². The molecule has 0 atom stereocenters. The van der Waals surface area contributed by atoms with Gasteiger partial charge in [-0.1, -0.05) is 30.0 Å². The Morgan fingerprint density at radius 2 is 1.33 bits per heavy atom. The lowest BCUT2D eigenvalue weighted by molar-refractivity contribution is 1.23. The van der Waals surface area contributed by atoms with Crippen LogP contribution >= 0.6 is 34.4 Å². The summed E-state index contributed by atoms with van der Waals surface area (Å²) in [6, 6.07) is 15.0. The Kier molecular flexibility index (Phi) is 2.46. The zero-order valence-corrected chi connectivity index (χ0v) is 11.8. The Bertz CT molecular complexity index is 644. The monoisotopic (exact) mass is 287 g/mol. The second-order valence-electron chi connectivity index (χ2n) is 3.96. The molecule has 0 radical (unpaired) electrons. The second kappa shape index (κ2) is 4.16. The fourth-order valence-corrected chi connectivity index (χ4v) is 5.40. The van der Waals surface area contributed by atoms with E-state index in [0.717, 1.165) is 0 Å². The van der Waals surface area contributed by atoms with Crippen molar-refractivity contribution in [1.82, 2.24) is 0 Å². The molecule has 0 fully saturated rings. The van der Waals surface area contributed by atoms with Crippen molar-refractivity contribution < 1.29 is 0 Å². The van der Waals surface area contributed by atoms with Crippen LogP contribution in [0.2, 0.25) is 0 Å². The minimum Gasteiger partial charge on any atom is -0.306 e. The molecule has 0 spiro atoms. The highest BCUT2D eigenvalue weighted by atomic mass is 32.2. The van der Waals surface area contributed by atoms with Crippen molar-refractivity contribution in [3.05, 3.63) is 53.2 Å². The number of anilines is 3. The van der Waals surface area contributed by atoms with Gasteiger partial charge in [0, 0.05) is 5.69 Å². The van der Waals surface area contributed by atoms with Crippen LogP contribution in [0.25, 0.3) is 0 Å². The quantitative estimate of drug-likeness (QED) is 0.439. The molecule has 2 aromatic heterocycles. The van der Waals surface area contributed by atoms with Crippen molar-refractivity contribution in [2.75, 3.05) is 4.90 Å². The molecule has 3 heterocycles. The molecule has 0 aliphatic carbocycles. The summed E-state index contributed by atoms with van der Waals surface area (Å²) in [5.74, 6) is 0. The van der Waals surface area contributed by atoms with Crippen LogP contribution in [-0.4, -0.2) is 0 Å². The van der Waals surface area contributed by atoms with Gasteiger partial charge in [-0.15, -0.1) is 22.7 Å². The van der Waals surface area contributed by atoms with E-state index in [-0.39, 0.29) is 0 Å². The SMILES string of the molecule is c1ccc(N2c3ccsc3Sc3sccc32)cc1. The molecule has 0 saturated heterocycles. The summed E-state index contributed by atoms with van der Waals surface area (Å²) in [6.07, 6.45) is 0. The minimum absolute atomic E-state index is 1.23. The van der Waals surface area contributed by atoms with Crippen LogP contribution < -0.4 is 4.90 Å². The third-order valence-electron chi connectivity index (χ3n) is 2.90. The number of para-hydroxylation sites is 1. The molecule has 0 N–H and O–H groups in total. The summed E-state index contributed by atoms with van der Waals surface area (Å²) in [5.41, 5.74) is 3.85. The van der Waals surface area contributed by atoms with E-state index in [1.54, 1.807) is 0 Å². The molecule has 4 heteroatoms. The third-order valence-corrected chi connectivity index (χ3v) is 6.16. The Labute approximate surface area is 118 Å². The summed E-state index contributed by atoms with van der Waals surface area (Å²) in [4.78, 5) is 2.36.